The molecular weight excluding hydrogens is 358 g/mol. The number of rotatable bonds is 6. The van der Waals surface area contributed by atoms with Gasteiger partial charge in [-0.3, -0.25) is 14.4 Å². The van der Waals surface area contributed by atoms with E-state index in [1.807, 2.05) is 18.2 Å². The highest BCUT2D eigenvalue weighted by atomic mass is 16.3. The summed E-state index contributed by atoms with van der Waals surface area (Å²) in [5, 5.41) is 5.70. The first-order chi connectivity index (χ1) is 13.6. The molecule has 0 bridgehead atoms. The first-order valence-electron chi connectivity index (χ1n) is 9.64. The second-order valence-electron chi connectivity index (χ2n) is 7.31. The van der Waals surface area contributed by atoms with E-state index < -0.39 is 0 Å². The molecule has 0 radical (unpaired) electrons. The van der Waals surface area contributed by atoms with Crippen molar-refractivity contribution in [3.63, 3.8) is 0 Å². The van der Waals surface area contributed by atoms with Crippen molar-refractivity contribution in [2.45, 2.75) is 38.3 Å². The largest absolute Gasteiger partial charge is 0.459 e. The van der Waals surface area contributed by atoms with Crippen molar-refractivity contribution in [2.75, 3.05) is 11.9 Å². The maximum Gasteiger partial charge on any atom is 0.291 e. The van der Waals surface area contributed by atoms with Gasteiger partial charge in [-0.05, 0) is 55.5 Å². The summed E-state index contributed by atoms with van der Waals surface area (Å²) in [6, 6.07) is 10.2. The Morgan fingerprint density at radius 2 is 1.96 bits per heavy atom. The standard InChI is InChI=1S/C21H23N3O4/c25-19(17-6-2-10-24(17)21(27)15-8-9-15)22-13-14-4-1-5-16(12-14)23-20(26)18-7-3-11-28-18/h1,3-5,7,11-12,15,17H,2,6,8-10,13H2,(H,22,25)(H,23,26). The van der Waals surface area contributed by atoms with E-state index in [1.165, 1.54) is 6.26 Å². The van der Waals surface area contributed by atoms with Crippen LogP contribution < -0.4 is 10.6 Å². The van der Waals surface area contributed by atoms with E-state index in [9.17, 15) is 14.4 Å². The van der Waals surface area contributed by atoms with Gasteiger partial charge in [0.2, 0.25) is 11.8 Å². The molecule has 28 heavy (non-hydrogen) atoms. The molecule has 4 rings (SSSR count). The lowest BCUT2D eigenvalue weighted by atomic mass is 10.1. The van der Waals surface area contributed by atoms with Crippen LogP contribution in [0.3, 0.4) is 0 Å². The Bertz CT molecular complexity index is 874. The number of anilines is 1. The van der Waals surface area contributed by atoms with E-state index >= 15 is 0 Å². The van der Waals surface area contributed by atoms with Crippen molar-refractivity contribution >= 4 is 23.4 Å². The van der Waals surface area contributed by atoms with Gasteiger partial charge in [0, 0.05) is 24.7 Å². The molecule has 2 heterocycles. The van der Waals surface area contributed by atoms with Crippen LogP contribution in [0.4, 0.5) is 5.69 Å². The van der Waals surface area contributed by atoms with E-state index in [0.717, 1.165) is 24.8 Å². The zero-order valence-electron chi connectivity index (χ0n) is 15.5. The number of likely N-dealkylation sites (tertiary alicyclic amines) is 1. The number of carbonyl (C=O) groups excluding carboxylic acids is 3. The maximum absolute atomic E-state index is 12.6. The summed E-state index contributed by atoms with van der Waals surface area (Å²) in [7, 11) is 0. The molecule has 1 saturated heterocycles. The van der Waals surface area contributed by atoms with Gasteiger partial charge in [0.25, 0.3) is 5.91 Å². The number of carbonyl (C=O) groups is 3. The zero-order chi connectivity index (χ0) is 19.5. The number of hydrogen-bond donors (Lipinski definition) is 2. The molecule has 0 spiro atoms. The Morgan fingerprint density at radius 1 is 1.11 bits per heavy atom. The smallest absolute Gasteiger partial charge is 0.291 e. The number of amides is 3. The van der Waals surface area contributed by atoms with Gasteiger partial charge in [0.1, 0.15) is 6.04 Å². The van der Waals surface area contributed by atoms with E-state index in [2.05, 4.69) is 10.6 Å². The van der Waals surface area contributed by atoms with Gasteiger partial charge < -0.3 is 20.0 Å². The summed E-state index contributed by atoms with van der Waals surface area (Å²) in [5.41, 5.74) is 1.49. The number of nitrogens with zero attached hydrogens (tertiary/aromatic N) is 1. The molecule has 2 aliphatic rings. The van der Waals surface area contributed by atoms with Crippen molar-refractivity contribution in [2.24, 2.45) is 5.92 Å². The molecule has 1 unspecified atom stereocenters. The molecule has 2 aromatic rings. The van der Waals surface area contributed by atoms with Crippen molar-refractivity contribution in [3.05, 3.63) is 54.0 Å². The van der Waals surface area contributed by atoms with Crippen LogP contribution in [0.25, 0.3) is 0 Å². The monoisotopic (exact) mass is 381 g/mol. The lowest BCUT2D eigenvalue weighted by Crippen LogP contribution is -2.46. The van der Waals surface area contributed by atoms with E-state index in [1.54, 1.807) is 23.1 Å². The van der Waals surface area contributed by atoms with Crippen LogP contribution >= 0.6 is 0 Å². The van der Waals surface area contributed by atoms with Crippen molar-refractivity contribution < 1.29 is 18.8 Å². The van der Waals surface area contributed by atoms with Crippen LogP contribution in [-0.4, -0.2) is 35.2 Å². The van der Waals surface area contributed by atoms with Gasteiger partial charge in [-0.25, -0.2) is 0 Å². The SMILES string of the molecule is O=C(Nc1cccc(CNC(=O)C2CCCN2C(=O)C2CC2)c1)c1ccco1. The quantitative estimate of drug-likeness (QED) is 0.804. The number of furan rings is 1. The molecule has 7 nitrogen and oxygen atoms in total. The Labute approximate surface area is 163 Å². The molecule has 7 heteroatoms. The first-order valence-corrected chi connectivity index (χ1v) is 9.64. The molecule has 1 aromatic carbocycles. The van der Waals surface area contributed by atoms with Gasteiger partial charge in [0.05, 0.1) is 6.26 Å². The van der Waals surface area contributed by atoms with E-state index in [-0.39, 0.29) is 35.4 Å². The summed E-state index contributed by atoms with van der Waals surface area (Å²) in [6.45, 7) is 1.01. The van der Waals surface area contributed by atoms with Crippen LogP contribution in [-0.2, 0) is 16.1 Å². The van der Waals surface area contributed by atoms with Crippen LogP contribution in [0.5, 0.6) is 0 Å². The van der Waals surface area contributed by atoms with Gasteiger partial charge in [-0.1, -0.05) is 12.1 Å². The summed E-state index contributed by atoms with van der Waals surface area (Å²) in [6.07, 6.45) is 4.91. The Hall–Kier alpha value is -3.09. The third kappa shape index (κ3) is 4.08. The predicted molar refractivity (Wildman–Crippen MR) is 102 cm³/mol. The average molecular weight is 381 g/mol. The Morgan fingerprint density at radius 3 is 2.71 bits per heavy atom. The normalized spacial score (nSPS) is 18.7. The van der Waals surface area contributed by atoms with E-state index in [4.69, 9.17) is 4.42 Å². The maximum atomic E-state index is 12.6. The Balaban J connectivity index is 1.33. The van der Waals surface area contributed by atoms with Crippen LogP contribution in [0.1, 0.15) is 41.8 Å². The van der Waals surface area contributed by atoms with Gasteiger partial charge in [0.15, 0.2) is 5.76 Å². The Kier molecular flexibility index (Phi) is 5.14. The fourth-order valence-corrected chi connectivity index (χ4v) is 3.53. The number of hydrogen-bond acceptors (Lipinski definition) is 4. The van der Waals surface area contributed by atoms with Crippen molar-refractivity contribution in [1.29, 1.82) is 0 Å². The number of benzene rings is 1. The molecule has 1 atom stereocenters. The highest BCUT2D eigenvalue weighted by molar-refractivity contribution is 6.02. The van der Waals surface area contributed by atoms with Crippen LogP contribution in [0, 0.1) is 5.92 Å². The summed E-state index contributed by atoms with van der Waals surface area (Å²) < 4.78 is 5.08. The predicted octanol–water partition coefficient (Wildman–Crippen LogP) is 2.55. The van der Waals surface area contributed by atoms with Gasteiger partial charge in [-0.2, -0.15) is 0 Å². The molecule has 1 aliphatic carbocycles. The topological polar surface area (TPSA) is 91.7 Å². The fraction of sp³-hybridized carbons (Fsp3) is 0.381. The highest BCUT2D eigenvalue weighted by Crippen LogP contribution is 2.33. The average Bonchev–Trinajstić information content (AvgIpc) is 3.19. The fourth-order valence-electron chi connectivity index (χ4n) is 3.53. The van der Waals surface area contributed by atoms with Gasteiger partial charge in [-0.15, -0.1) is 0 Å². The molecule has 1 aliphatic heterocycles. The van der Waals surface area contributed by atoms with Crippen molar-refractivity contribution in [1.82, 2.24) is 10.2 Å². The molecule has 1 aromatic heterocycles. The van der Waals surface area contributed by atoms with Crippen LogP contribution in [0.15, 0.2) is 47.1 Å². The third-order valence-electron chi connectivity index (χ3n) is 5.16. The number of nitrogens with one attached hydrogen (secondary N) is 2. The molecule has 3 amide bonds. The molecule has 1 saturated carbocycles. The summed E-state index contributed by atoms with van der Waals surface area (Å²) in [4.78, 5) is 38.8. The molecule has 146 valence electrons. The van der Waals surface area contributed by atoms with E-state index in [0.29, 0.717) is 25.2 Å². The first kappa shape index (κ1) is 18.3. The molecule has 2 fully saturated rings. The van der Waals surface area contributed by atoms with Gasteiger partial charge >= 0.3 is 0 Å². The lowest BCUT2D eigenvalue weighted by molar-refractivity contribution is -0.139. The molecule has 2 N–H and O–H groups in total. The van der Waals surface area contributed by atoms with Crippen LogP contribution in [0.2, 0.25) is 0 Å². The summed E-state index contributed by atoms with van der Waals surface area (Å²) in [5.74, 6) is 0.0476. The second kappa shape index (κ2) is 7.88. The van der Waals surface area contributed by atoms with Crippen molar-refractivity contribution in [3.8, 4) is 0 Å². The minimum atomic E-state index is -0.366. The minimum absolute atomic E-state index is 0.114. The second-order valence-corrected chi connectivity index (χ2v) is 7.31. The zero-order valence-corrected chi connectivity index (χ0v) is 15.5. The minimum Gasteiger partial charge on any atom is -0.459 e. The highest BCUT2D eigenvalue weighted by Gasteiger charge is 2.40. The summed E-state index contributed by atoms with van der Waals surface area (Å²) >= 11 is 0. The molecular formula is C21H23N3O4. The lowest BCUT2D eigenvalue weighted by Gasteiger charge is -2.24. The third-order valence-corrected chi connectivity index (χ3v) is 5.16.